The number of ether oxygens (including phenoxy) is 2. The van der Waals surface area contributed by atoms with Gasteiger partial charge < -0.3 is 40.5 Å². The van der Waals surface area contributed by atoms with E-state index in [2.05, 4.69) is 154 Å². The molecule has 8 rings (SSSR count). The highest BCUT2D eigenvalue weighted by Gasteiger charge is 2.23. The zero-order chi connectivity index (χ0) is 43.6. The maximum Gasteiger partial charge on any atom is 0.340 e. The van der Waals surface area contributed by atoms with Gasteiger partial charge in [0.2, 0.25) is 0 Å². The van der Waals surface area contributed by atoms with Crippen molar-refractivity contribution >= 4 is 46.1 Å². The fourth-order valence-corrected chi connectivity index (χ4v) is 7.97. The summed E-state index contributed by atoms with van der Waals surface area (Å²) in [6, 6.07) is 34.1. The number of carbonyl (C=O) groups is 2. The summed E-state index contributed by atoms with van der Waals surface area (Å²) in [4.78, 5) is 36.7. The van der Waals surface area contributed by atoms with Crippen molar-refractivity contribution in [3.8, 4) is 0 Å². The Kier molecular flexibility index (Phi) is 14.1. The lowest BCUT2D eigenvalue weighted by atomic mass is 9.93. The Labute approximate surface area is 364 Å². The van der Waals surface area contributed by atoms with E-state index in [9.17, 15) is 9.59 Å². The van der Waals surface area contributed by atoms with Gasteiger partial charge in [0.1, 0.15) is 0 Å². The molecule has 4 aromatic carbocycles. The van der Waals surface area contributed by atoms with Gasteiger partial charge in [-0.15, -0.1) is 0 Å². The third-order valence-electron chi connectivity index (χ3n) is 11.6. The molecule has 4 heterocycles. The second-order valence-corrected chi connectivity index (χ2v) is 15.7. The molecular weight excluding hydrogens is 777 g/mol. The third kappa shape index (κ3) is 10.2. The molecule has 2 atom stereocenters. The maximum absolute atomic E-state index is 12.0. The number of fused-ring (bicyclic) bond motifs is 2. The molecule has 0 radical (unpaired) electrons. The number of aromatic nitrogens is 2. The first-order valence-electron chi connectivity index (χ1n) is 21.0. The topological polar surface area (TPSA) is 133 Å². The highest BCUT2D eigenvalue weighted by molar-refractivity contribution is 5.95. The number of hydrogen-bond acceptors (Lipinski definition) is 12. The van der Waals surface area contributed by atoms with E-state index >= 15 is 0 Å². The van der Waals surface area contributed by atoms with Gasteiger partial charge in [-0.1, -0.05) is 47.5 Å². The summed E-state index contributed by atoms with van der Waals surface area (Å²) in [6.45, 7) is 7.32. The van der Waals surface area contributed by atoms with Gasteiger partial charge in [-0.2, -0.15) is 0 Å². The number of nitrogens with one attached hydrogen (secondary N) is 4. The van der Waals surface area contributed by atoms with Gasteiger partial charge in [-0.05, 0) is 123 Å². The first kappa shape index (κ1) is 43.3. The van der Waals surface area contributed by atoms with Crippen LogP contribution in [0.5, 0.6) is 0 Å². The minimum absolute atomic E-state index is 0.146. The Morgan fingerprint density at radius 2 is 0.984 bits per heavy atom. The van der Waals surface area contributed by atoms with E-state index in [0.29, 0.717) is 35.6 Å². The van der Waals surface area contributed by atoms with Crippen molar-refractivity contribution in [2.75, 3.05) is 74.9 Å². The van der Waals surface area contributed by atoms with Gasteiger partial charge in [0.15, 0.2) is 0 Å². The number of pyridine rings is 2. The summed E-state index contributed by atoms with van der Waals surface area (Å²) in [6.07, 6.45) is 8.49. The molecule has 0 spiro atoms. The van der Waals surface area contributed by atoms with Crippen LogP contribution >= 0.6 is 0 Å². The number of methoxy groups -OCH3 is 2. The Morgan fingerprint density at radius 1 is 0.597 bits per heavy atom. The van der Waals surface area contributed by atoms with Crippen molar-refractivity contribution in [1.82, 2.24) is 20.6 Å². The van der Waals surface area contributed by atoms with Gasteiger partial charge in [-0.3, -0.25) is 9.97 Å². The molecule has 0 unspecified atom stereocenters. The summed E-state index contributed by atoms with van der Waals surface area (Å²) in [5.74, 6) is -0.739. The minimum atomic E-state index is -0.370. The maximum atomic E-state index is 12.0. The van der Waals surface area contributed by atoms with Crippen molar-refractivity contribution < 1.29 is 19.1 Å². The Morgan fingerprint density at radius 3 is 1.37 bits per heavy atom. The van der Waals surface area contributed by atoms with Gasteiger partial charge >= 0.3 is 11.9 Å². The van der Waals surface area contributed by atoms with Crippen LogP contribution in [0.1, 0.15) is 66.2 Å². The normalized spacial score (nSPS) is 15.1. The second-order valence-electron chi connectivity index (χ2n) is 15.7. The molecule has 0 saturated heterocycles. The van der Waals surface area contributed by atoms with Crippen LogP contribution in [0.25, 0.3) is 0 Å². The number of benzene rings is 4. The SMILES string of the molecule is COC(=O)c1ccncc1NC[C@@H]1NCCc2cc(N(C)c3ccc(C)cc3)ccc21.COC(=O)c1ccncc1NC[C@H]1NCCc2cc(N(C)c3ccc(C)cc3)ccc21. The lowest BCUT2D eigenvalue weighted by Crippen LogP contribution is -2.34. The van der Waals surface area contributed by atoms with Crippen LogP contribution in [0.15, 0.2) is 122 Å². The van der Waals surface area contributed by atoms with E-state index < -0.39 is 0 Å². The summed E-state index contributed by atoms with van der Waals surface area (Å²) < 4.78 is 9.75. The molecule has 0 bridgehead atoms. The molecule has 0 fully saturated rings. The predicted molar refractivity (Wildman–Crippen MR) is 248 cm³/mol. The Hall–Kier alpha value is -6.76. The first-order chi connectivity index (χ1) is 30.1. The van der Waals surface area contributed by atoms with Gasteiger partial charge in [-0.25, -0.2) is 9.59 Å². The standard InChI is InChI=1S/2C25H28N4O2/c2*1-17-4-6-19(7-5-17)29(2)20-8-9-21-18(14-20)10-13-27-24(21)16-28-23-15-26-12-11-22(23)25(30)31-3/h2*4-9,11-12,14-15,24,27-28H,10,13,16H2,1-3H3/t2*24-/m10/s1. The molecule has 12 nitrogen and oxygen atoms in total. The fourth-order valence-electron chi connectivity index (χ4n) is 7.97. The van der Waals surface area contributed by atoms with Crippen LogP contribution in [-0.2, 0) is 22.3 Å². The molecule has 320 valence electrons. The van der Waals surface area contributed by atoms with Crippen LogP contribution in [0, 0.1) is 13.8 Å². The third-order valence-corrected chi connectivity index (χ3v) is 11.6. The average Bonchev–Trinajstić information content (AvgIpc) is 3.32. The lowest BCUT2D eigenvalue weighted by molar-refractivity contribution is 0.0592. The second kappa shape index (κ2) is 20.2. The molecule has 2 aliphatic rings. The number of hydrogen-bond donors (Lipinski definition) is 4. The monoisotopic (exact) mass is 832 g/mol. The van der Waals surface area contributed by atoms with E-state index in [1.54, 1.807) is 36.9 Å². The molecule has 4 N–H and O–H groups in total. The van der Waals surface area contributed by atoms with Crippen LogP contribution < -0.4 is 31.1 Å². The van der Waals surface area contributed by atoms with Crippen molar-refractivity contribution in [2.24, 2.45) is 0 Å². The number of anilines is 6. The molecule has 2 aromatic heterocycles. The summed E-state index contributed by atoms with van der Waals surface area (Å²) in [5.41, 5.74) is 14.8. The van der Waals surface area contributed by atoms with E-state index in [1.807, 2.05) is 0 Å². The largest absolute Gasteiger partial charge is 0.465 e. The van der Waals surface area contributed by atoms with Crippen LogP contribution in [0.4, 0.5) is 34.1 Å². The zero-order valence-corrected chi connectivity index (χ0v) is 36.4. The number of nitrogens with zero attached hydrogens (tertiary/aromatic N) is 4. The average molecular weight is 833 g/mol. The molecule has 2 aliphatic heterocycles. The van der Waals surface area contributed by atoms with E-state index in [4.69, 9.17) is 9.47 Å². The van der Waals surface area contributed by atoms with Crippen molar-refractivity contribution in [1.29, 1.82) is 0 Å². The molecule has 62 heavy (non-hydrogen) atoms. The fraction of sp³-hybridized carbons (Fsp3) is 0.280. The van der Waals surface area contributed by atoms with Crippen molar-refractivity contribution in [2.45, 2.75) is 38.8 Å². The van der Waals surface area contributed by atoms with Crippen molar-refractivity contribution in [3.63, 3.8) is 0 Å². The van der Waals surface area contributed by atoms with E-state index in [-0.39, 0.29) is 24.0 Å². The van der Waals surface area contributed by atoms with Gasteiger partial charge in [0, 0.05) is 74.4 Å². The van der Waals surface area contributed by atoms with Crippen LogP contribution in [-0.4, -0.2) is 76.4 Å². The van der Waals surface area contributed by atoms with Crippen LogP contribution in [0.2, 0.25) is 0 Å². The lowest BCUT2D eigenvalue weighted by Gasteiger charge is -2.29. The smallest absolute Gasteiger partial charge is 0.340 e. The number of esters is 2. The summed E-state index contributed by atoms with van der Waals surface area (Å²) >= 11 is 0. The molecular formula is C50H56N8O4. The summed E-state index contributed by atoms with van der Waals surface area (Å²) in [7, 11) is 6.97. The Balaban J connectivity index is 0.000000186. The quantitative estimate of drug-likeness (QED) is 0.0882. The highest BCUT2D eigenvalue weighted by Crippen LogP contribution is 2.33. The highest BCUT2D eigenvalue weighted by atomic mass is 16.5. The first-order valence-corrected chi connectivity index (χ1v) is 21.0. The molecule has 0 saturated carbocycles. The van der Waals surface area contributed by atoms with E-state index in [1.165, 1.54) is 70.3 Å². The van der Waals surface area contributed by atoms with Crippen LogP contribution in [0.3, 0.4) is 0 Å². The summed E-state index contributed by atoms with van der Waals surface area (Å²) in [5, 5.41) is 13.9. The molecule has 6 aromatic rings. The van der Waals surface area contributed by atoms with Gasteiger partial charge in [0.05, 0.1) is 49.1 Å². The molecule has 0 amide bonds. The number of carbonyl (C=O) groups excluding carboxylic acids is 2. The molecule has 12 heteroatoms. The molecule has 0 aliphatic carbocycles. The van der Waals surface area contributed by atoms with Crippen molar-refractivity contribution in [3.05, 3.63) is 166 Å². The van der Waals surface area contributed by atoms with E-state index in [0.717, 1.165) is 25.9 Å². The number of rotatable bonds is 12. The predicted octanol–water partition coefficient (Wildman–Crippen LogP) is 8.49. The Bertz CT molecular complexity index is 2300. The number of aryl methyl sites for hydroxylation is 2. The van der Waals surface area contributed by atoms with Gasteiger partial charge in [0.25, 0.3) is 0 Å². The minimum Gasteiger partial charge on any atom is -0.465 e. The zero-order valence-electron chi connectivity index (χ0n) is 36.4.